The van der Waals surface area contributed by atoms with Gasteiger partial charge in [-0.2, -0.15) is 0 Å². The van der Waals surface area contributed by atoms with Gasteiger partial charge in [0.1, 0.15) is 11.8 Å². The number of nitrogens with two attached hydrogens (primary N) is 1. The molecule has 0 heterocycles. The quantitative estimate of drug-likeness (QED) is 0.591. The summed E-state index contributed by atoms with van der Waals surface area (Å²) >= 11 is 0.703. The third kappa shape index (κ3) is 6.34. The van der Waals surface area contributed by atoms with Crippen LogP contribution in [0.1, 0.15) is 50.7 Å². The van der Waals surface area contributed by atoms with Crippen molar-refractivity contribution in [2.75, 3.05) is 12.3 Å². The lowest BCUT2D eigenvalue weighted by atomic mass is 9.94. The Bertz CT molecular complexity index is 635. The highest BCUT2D eigenvalue weighted by molar-refractivity contribution is 8.13. The number of benzene rings is 1. The van der Waals surface area contributed by atoms with Crippen LogP contribution in [0.25, 0.3) is 0 Å². The minimum Gasteiger partial charge on any atom is -0.480 e. The molecule has 8 heteroatoms. The van der Waals surface area contributed by atoms with Crippen molar-refractivity contribution < 1.29 is 24.2 Å². The van der Waals surface area contributed by atoms with Crippen molar-refractivity contribution in [3.8, 4) is 5.75 Å². The lowest BCUT2D eigenvalue weighted by molar-refractivity contribution is -0.140. The van der Waals surface area contributed by atoms with Gasteiger partial charge in [0, 0.05) is 5.75 Å². The fourth-order valence-electron chi connectivity index (χ4n) is 2.29. The van der Waals surface area contributed by atoms with Gasteiger partial charge in [0.2, 0.25) is 5.91 Å². The largest absolute Gasteiger partial charge is 0.480 e. The molecule has 1 amide bonds. The summed E-state index contributed by atoms with van der Waals surface area (Å²) in [5, 5.41) is 10.8. The number of ether oxygens (including phenoxy) is 1. The fourth-order valence-corrected chi connectivity index (χ4v) is 2.96. The van der Waals surface area contributed by atoms with Crippen LogP contribution in [0, 0.1) is 0 Å². The Balaban J connectivity index is 2.87. The lowest BCUT2D eigenvalue weighted by Crippen LogP contribution is -2.45. The molecule has 0 fully saturated rings. The second kappa shape index (κ2) is 10.2. The van der Waals surface area contributed by atoms with Gasteiger partial charge in [0.25, 0.3) is 0 Å². The summed E-state index contributed by atoms with van der Waals surface area (Å²) in [4.78, 5) is 34.7. The van der Waals surface area contributed by atoms with Crippen LogP contribution in [-0.4, -0.2) is 40.6 Å². The van der Waals surface area contributed by atoms with E-state index in [2.05, 4.69) is 5.32 Å². The van der Waals surface area contributed by atoms with E-state index in [-0.39, 0.29) is 24.1 Å². The summed E-state index contributed by atoms with van der Waals surface area (Å²) < 4.78 is 5.55. The zero-order valence-electron chi connectivity index (χ0n) is 15.4. The molecule has 144 valence electrons. The molecule has 1 atom stereocenters. The van der Waals surface area contributed by atoms with E-state index in [0.717, 1.165) is 11.1 Å². The smallest absolute Gasteiger partial charge is 0.372 e. The summed E-state index contributed by atoms with van der Waals surface area (Å²) in [6.45, 7) is 7.71. The van der Waals surface area contributed by atoms with E-state index < -0.39 is 23.2 Å². The molecule has 26 heavy (non-hydrogen) atoms. The van der Waals surface area contributed by atoms with E-state index in [9.17, 15) is 14.4 Å². The zero-order valence-corrected chi connectivity index (χ0v) is 16.3. The predicted molar refractivity (Wildman–Crippen MR) is 102 cm³/mol. The Kier molecular flexibility index (Phi) is 8.60. The molecule has 1 aromatic rings. The van der Waals surface area contributed by atoms with Gasteiger partial charge in [-0.25, -0.2) is 9.59 Å². The number of hydrogen-bond acceptors (Lipinski definition) is 6. The third-order valence-electron chi connectivity index (χ3n) is 3.69. The molecule has 0 spiro atoms. The number of carbonyl (C=O) groups is 3. The summed E-state index contributed by atoms with van der Waals surface area (Å²) in [6.07, 6.45) is 0. The molecule has 1 aromatic carbocycles. The number of para-hydroxylation sites is 1. The molecule has 0 aliphatic heterocycles. The Hall–Kier alpha value is -2.06. The normalized spacial score (nSPS) is 12.1. The van der Waals surface area contributed by atoms with Crippen LogP contribution in [0.3, 0.4) is 0 Å². The van der Waals surface area contributed by atoms with Gasteiger partial charge in [0.15, 0.2) is 0 Å². The standard InChI is InChI=1S/C18H26N2O5S/c1-10(2)12-6-5-7-13(11(3)4)16(12)25-18(24)26-9-14(17(22)23)20-15(21)8-19/h5-7,10-11,14H,8-9,19H2,1-4H3,(H,20,21)(H,22,23). The molecule has 0 aromatic heterocycles. The first-order valence-electron chi connectivity index (χ1n) is 8.37. The van der Waals surface area contributed by atoms with Gasteiger partial charge in [-0.3, -0.25) is 4.79 Å². The average Bonchev–Trinajstić information content (AvgIpc) is 2.57. The van der Waals surface area contributed by atoms with Crippen molar-refractivity contribution in [3.63, 3.8) is 0 Å². The molecule has 0 aliphatic carbocycles. The average molecular weight is 382 g/mol. The molecule has 7 nitrogen and oxygen atoms in total. The predicted octanol–water partition coefficient (Wildman–Crippen LogP) is 2.69. The van der Waals surface area contributed by atoms with Crippen molar-refractivity contribution in [3.05, 3.63) is 29.3 Å². The van der Waals surface area contributed by atoms with Crippen molar-refractivity contribution in [2.45, 2.75) is 45.6 Å². The van der Waals surface area contributed by atoms with Crippen LogP contribution in [0.4, 0.5) is 4.79 Å². The van der Waals surface area contributed by atoms with Gasteiger partial charge < -0.3 is 20.9 Å². The molecular weight excluding hydrogens is 356 g/mol. The molecule has 1 unspecified atom stereocenters. The minimum absolute atomic E-state index is 0.152. The number of hydrogen-bond donors (Lipinski definition) is 3. The van der Waals surface area contributed by atoms with Crippen LogP contribution >= 0.6 is 11.8 Å². The van der Waals surface area contributed by atoms with Gasteiger partial charge >= 0.3 is 11.3 Å². The second-order valence-electron chi connectivity index (χ2n) is 6.40. The minimum atomic E-state index is -1.24. The molecule has 1 rings (SSSR count). The van der Waals surface area contributed by atoms with E-state index in [1.807, 2.05) is 45.9 Å². The number of thioether (sulfide) groups is 1. The van der Waals surface area contributed by atoms with Crippen LogP contribution < -0.4 is 15.8 Å². The van der Waals surface area contributed by atoms with E-state index in [1.165, 1.54) is 0 Å². The summed E-state index contributed by atoms with van der Waals surface area (Å²) in [6, 6.07) is 4.53. The van der Waals surface area contributed by atoms with Gasteiger partial charge in [0.05, 0.1) is 6.54 Å². The number of carbonyl (C=O) groups excluding carboxylic acids is 2. The Morgan fingerprint density at radius 3 is 2.12 bits per heavy atom. The number of nitrogens with one attached hydrogen (secondary N) is 1. The third-order valence-corrected chi connectivity index (χ3v) is 4.51. The highest BCUT2D eigenvalue weighted by Crippen LogP contribution is 2.35. The summed E-state index contributed by atoms with van der Waals surface area (Å²) in [7, 11) is 0. The first-order chi connectivity index (χ1) is 12.2. The van der Waals surface area contributed by atoms with Crippen molar-refractivity contribution in [2.24, 2.45) is 5.73 Å². The van der Waals surface area contributed by atoms with Gasteiger partial charge in [-0.1, -0.05) is 45.9 Å². The zero-order chi connectivity index (χ0) is 19.9. The van der Waals surface area contributed by atoms with Crippen LogP contribution in [-0.2, 0) is 9.59 Å². The highest BCUT2D eigenvalue weighted by atomic mass is 32.2. The van der Waals surface area contributed by atoms with Crippen molar-refractivity contribution >= 4 is 28.9 Å². The fraction of sp³-hybridized carbons (Fsp3) is 0.500. The number of amides is 1. The number of carboxylic acid groups (broad SMARTS) is 1. The van der Waals surface area contributed by atoms with Crippen LogP contribution in [0.2, 0.25) is 0 Å². The molecule has 0 bridgehead atoms. The maximum atomic E-state index is 12.3. The number of aliphatic carboxylic acids is 1. The number of carboxylic acids is 1. The lowest BCUT2D eigenvalue weighted by Gasteiger charge is -2.19. The van der Waals surface area contributed by atoms with E-state index in [1.54, 1.807) is 0 Å². The summed E-state index contributed by atoms with van der Waals surface area (Å²) in [5.74, 6) is -1.14. The summed E-state index contributed by atoms with van der Waals surface area (Å²) in [5.41, 5.74) is 6.99. The van der Waals surface area contributed by atoms with Crippen LogP contribution in [0.15, 0.2) is 18.2 Å². The molecule has 4 N–H and O–H groups in total. The van der Waals surface area contributed by atoms with E-state index >= 15 is 0 Å². The number of rotatable bonds is 8. The molecule has 0 aliphatic rings. The SMILES string of the molecule is CC(C)c1cccc(C(C)C)c1OC(=O)SCC(NC(=O)CN)C(=O)O. The highest BCUT2D eigenvalue weighted by Gasteiger charge is 2.23. The Labute approximate surface area is 157 Å². The van der Waals surface area contributed by atoms with E-state index in [4.69, 9.17) is 15.6 Å². The Morgan fingerprint density at radius 1 is 1.15 bits per heavy atom. The van der Waals surface area contributed by atoms with Gasteiger partial charge in [-0.05, 0) is 34.7 Å². The van der Waals surface area contributed by atoms with Gasteiger partial charge in [-0.15, -0.1) is 0 Å². The molecular formula is C18H26N2O5S. The van der Waals surface area contributed by atoms with Crippen LogP contribution in [0.5, 0.6) is 5.75 Å². The molecule has 0 saturated carbocycles. The topological polar surface area (TPSA) is 119 Å². The van der Waals surface area contributed by atoms with E-state index in [0.29, 0.717) is 17.5 Å². The maximum absolute atomic E-state index is 12.3. The first-order valence-corrected chi connectivity index (χ1v) is 9.35. The Morgan fingerprint density at radius 2 is 1.69 bits per heavy atom. The van der Waals surface area contributed by atoms with Crippen molar-refractivity contribution in [1.29, 1.82) is 0 Å². The van der Waals surface area contributed by atoms with Crippen molar-refractivity contribution in [1.82, 2.24) is 5.32 Å². The molecule has 0 saturated heterocycles. The second-order valence-corrected chi connectivity index (χ2v) is 7.36. The monoisotopic (exact) mass is 382 g/mol. The molecule has 0 radical (unpaired) electrons. The maximum Gasteiger partial charge on any atom is 0.372 e. The first kappa shape index (κ1) is 22.0.